The van der Waals surface area contributed by atoms with E-state index in [-0.39, 0.29) is 16.6 Å². The van der Waals surface area contributed by atoms with E-state index in [2.05, 4.69) is 10.3 Å². The number of benzene rings is 1. The van der Waals surface area contributed by atoms with Gasteiger partial charge in [-0.1, -0.05) is 37.3 Å². The van der Waals surface area contributed by atoms with Gasteiger partial charge in [0, 0.05) is 32.1 Å². The number of pyridine rings is 1. The van der Waals surface area contributed by atoms with Gasteiger partial charge in [-0.25, -0.2) is 13.4 Å². The third kappa shape index (κ3) is 3.94. The number of carbonyl (C=O) groups is 1. The Labute approximate surface area is 165 Å². The van der Waals surface area contributed by atoms with Gasteiger partial charge in [-0.2, -0.15) is 0 Å². The zero-order valence-corrected chi connectivity index (χ0v) is 17.2. The molecule has 6 nitrogen and oxygen atoms in total. The third-order valence-corrected chi connectivity index (χ3v) is 6.62. The van der Waals surface area contributed by atoms with E-state index in [4.69, 9.17) is 0 Å². The quantitative estimate of drug-likeness (QED) is 0.662. The van der Waals surface area contributed by atoms with E-state index in [9.17, 15) is 13.2 Å². The van der Waals surface area contributed by atoms with Crippen LogP contribution in [0.1, 0.15) is 25.8 Å². The molecule has 28 heavy (non-hydrogen) atoms. The maximum atomic E-state index is 12.5. The largest absolute Gasteiger partial charge is 0.356 e. The molecule has 148 valence electrons. The Kier molecular flexibility index (Phi) is 5.84. The molecule has 0 saturated heterocycles. The van der Waals surface area contributed by atoms with Crippen molar-refractivity contribution in [2.45, 2.75) is 31.6 Å². The van der Waals surface area contributed by atoms with E-state index in [0.717, 1.165) is 27.9 Å². The number of aromatic nitrogens is 2. The lowest BCUT2D eigenvalue weighted by atomic mass is 10.0. The Morgan fingerprint density at radius 3 is 2.57 bits per heavy atom. The van der Waals surface area contributed by atoms with Crippen LogP contribution in [0, 0.1) is 0 Å². The minimum Gasteiger partial charge on any atom is -0.356 e. The molecule has 2 heterocycles. The predicted molar refractivity (Wildman–Crippen MR) is 111 cm³/mol. The van der Waals surface area contributed by atoms with E-state index in [1.165, 1.54) is 13.1 Å². The first kappa shape index (κ1) is 20.1. The van der Waals surface area contributed by atoms with Gasteiger partial charge in [0.25, 0.3) is 0 Å². The van der Waals surface area contributed by atoms with Gasteiger partial charge in [-0.3, -0.25) is 4.79 Å². The predicted octanol–water partition coefficient (Wildman–Crippen LogP) is 3.10. The maximum absolute atomic E-state index is 12.5. The van der Waals surface area contributed by atoms with Crippen molar-refractivity contribution >= 4 is 26.8 Å². The second kappa shape index (κ2) is 8.14. The first-order valence-electron chi connectivity index (χ1n) is 9.35. The number of rotatable bonds is 7. The highest BCUT2D eigenvalue weighted by atomic mass is 32.2. The van der Waals surface area contributed by atoms with Gasteiger partial charge in [-0.05, 0) is 30.0 Å². The Morgan fingerprint density at radius 1 is 1.21 bits per heavy atom. The second-order valence-corrected chi connectivity index (χ2v) is 8.96. The molecule has 2 aromatic heterocycles. The van der Waals surface area contributed by atoms with Crippen LogP contribution in [0.15, 0.2) is 47.5 Å². The Balaban J connectivity index is 2.20. The van der Waals surface area contributed by atoms with E-state index in [1.807, 2.05) is 48.9 Å². The minimum atomic E-state index is -3.36. The average molecular weight is 400 g/mol. The van der Waals surface area contributed by atoms with E-state index < -0.39 is 9.84 Å². The Hall–Kier alpha value is -2.67. The molecule has 1 N–H and O–H groups in total. The minimum absolute atomic E-state index is 0.0918. The SMILES string of the molecule is CCCS(=O)(=O)c1cnc2c(c1)c(CCNC(C)=O)c(-c1ccccc1)n2C. The molecule has 0 fully saturated rings. The normalized spacial score (nSPS) is 11.7. The van der Waals surface area contributed by atoms with E-state index >= 15 is 0 Å². The van der Waals surface area contributed by atoms with Crippen molar-refractivity contribution in [3.63, 3.8) is 0 Å². The summed E-state index contributed by atoms with van der Waals surface area (Å²) in [6.45, 7) is 3.80. The maximum Gasteiger partial charge on any atom is 0.216 e. The first-order valence-corrected chi connectivity index (χ1v) is 11.0. The molecule has 0 atom stereocenters. The van der Waals surface area contributed by atoms with Crippen LogP contribution in [-0.4, -0.2) is 36.2 Å². The molecule has 1 amide bonds. The van der Waals surface area contributed by atoms with Gasteiger partial charge < -0.3 is 9.88 Å². The van der Waals surface area contributed by atoms with Gasteiger partial charge in [0.05, 0.1) is 16.3 Å². The Bertz CT molecular complexity index is 1100. The van der Waals surface area contributed by atoms with Crippen LogP contribution in [0.3, 0.4) is 0 Å². The van der Waals surface area contributed by atoms with Crippen LogP contribution in [0.25, 0.3) is 22.3 Å². The number of hydrogen-bond acceptors (Lipinski definition) is 4. The summed E-state index contributed by atoms with van der Waals surface area (Å²) in [5.74, 6) is 0.00519. The number of nitrogens with zero attached hydrogens (tertiary/aromatic N) is 2. The Morgan fingerprint density at radius 2 is 1.93 bits per heavy atom. The summed E-state index contributed by atoms with van der Waals surface area (Å²) in [5.41, 5.74) is 3.72. The lowest BCUT2D eigenvalue weighted by Crippen LogP contribution is -2.22. The summed E-state index contributed by atoms with van der Waals surface area (Å²) >= 11 is 0. The molecule has 7 heteroatoms. The molecule has 0 spiro atoms. The monoisotopic (exact) mass is 399 g/mol. The van der Waals surface area contributed by atoms with Crippen LogP contribution >= 0.6 is 0 Å². The van der Waals surface area contributed by atoms with Gasteiger partial charge >= 0.3 is 0 Å². The molecular weight excluding hydrogens is 374 g/mol. The fourth-order valence-electron chi connectivity index (χ4n) is 3.50. The van der Waals surface area contributed by atoms with Crippen LogP contribution < -0.4 is 5.32 Å². The number of hydrogen-bond donors (Lipinski definition) is 1. The van der Waals surface area contributed by atoms with Crippen molar-refractivity contribution < 1.29 is 13.2 Å². The van der Waals surface area contributed by atoms with Crippen LogP contribution in [0.5, 0.6) is 0 Å². The molecule has 0 unspecified atom stereocenters. The molecule has 0 radical (unpaired) electrons. The summed E-state index contributed by atoms with van der Waals surface area (Å²) < 4.78 is 27.1. The standard InChI is InChI=1S/C21H25N3O3S/c1-4-12-28(26,27)17-13-19-18(10-11-22-15(2)25)20(16-8-6-5-7-9-16)24(3)21(19)23-14-17/h5-9,13-14H,4,10-12H2,1-3H3,(H,22,25). The van der Waals surface area contributed by atoms with Crippen molar-refractivity contribution in [2.24, 2.45) is 7.05 Å². The van der Waals surface area contributed by atoms with Gasteiger partial charge in [0.2, 0.25) is 5.91 Å². The molecule has 0 bridgehead atoms. The highest BCUT2D eigenvalue weighted by Crippen LogP contribution is 2.33. The molecule has 0 aliphatic rings. The highest BCUT2D eigenvalue weighted by molar-refractivity contribution is 7.91. The third-order valence-electron chi connectivity index (χ3n) is 4.73. The molecular formula is C21H25N3O3S. The molecule has 0 aliphatic carbocycles. The zero-order chi connectivity index (χ0) is 20.3. The summed E-state index contributed by atoms with van der Waals surface area (Å²) in [4.78, 5) is 16.0. The lowest BCUT2D eigenvalue weighted by molar-refractivity contribution is -0.118. The number of amides is 1. The molecule has 0 saturated carbocycles. The fraction of sp³-hybridized carbons (Fsp3) is 0.333. The van der Waals surface area contributed by atoms with E-state index in [0.29, 0.717) is 19.4 Å². The van der Waals surface area contributed by atoms with Crippen LogP contribution in [0.4, 0.5) is 0 Å². The molecule has 1 aromatic carbocycles. The van der Waals surface area contributed by atoms with E-state index in [1.54, 1.807) is 6.07 Å². The average Bonchev–Trinajstić information content (AvgIpc) is 2.94. The van der Waals surface area contributed by atoms with Crippen LogP contribution in [-0.2, 0) is 28.1 Å². The number of aryl methyl sites for hydroxylation is 1. The number of sulfone groups is 1. The summed E-state index contributed by atoms with van der Waals surface area (Å²) in [5, 5.41) is 3.63. The van der Waals surface area contributed by atoms with Gasteiger partial charge in [0.1, 0.15) is 5.65 Å². The van der Waals surface area contributed by atoms with Crippen LogP contribution in [0.2, 0.25) is 0 Å². The summed E-state index contributed by atoms with van der Waals surface area (Å²) in [6, 6.07) is 11.7. The topological polar surface area (TPSA) is 81.1 Å². The van der Waals surface area contributed by atoms with Crippen molar-refractivity contribution in [3.05, 3.63) is 48.2 Å². The smallest absolute Gasteiger partial charge is 0.216 e. The fourth-order valence-corrected chi connectivity index (χ4v) is 4.78. The molecule has 3 rings (SSSR count). The number of carbonyl (C=O) groups excluding carboxylic acids is 1. The lowest BCUT2D eigenvalue weighted by Gasteiger charge is -2.08. The van der Waals surface area contributed by atoms with Crippen molar-refractivity contribution in [1.29, 1.82) is 0 Å². The molecule has 0 aliphatic heterocycles. The number of nitrogens with one attached hydrogen (secondary N) is 1. The first-order chi connectivity index (χ1) is 13.3. The highest BCUT2D eigenvalue weighted by Gasteiger charge is 2.21. The second-order valence-electron chi connectivity index (χ2n) is 6.85. The van der Waals surface area contributed by atoms with Crippen molar-refractivity contribution in [1.82, 2.24) is 14.9 Å². The molecule has 3 aromatic rings. The van der Waals surface area contributed by atoms with Crippen molar-refractivity contribution in [3.8, 4) is 11.3 Å². The summed E-state index contributed by atoms with van der Waals surface area (Å²) in [6.07, 6.45) is 2.58. The summed E-state index contributed by atoms with van der Waals surface area (Å²) in [7, 11) is -1.43. The zero-order valence-electron chi connectivity index (χ0n) is 16.4. The van der Waals surface area contributed by atoms with Gasteiger partial charge in [0.15, 0.2) is 9.84 Å². The van der Waals surface area contributed by atoms with Crippen molar-refractivity contribution in [2.75, 3.05) is 12.3 Å². The number of fused-ring (bicyclic) bond motifs is 1. The van der Waals surface area contributed by atoms with Gasteiger partial charge in [-0.15, -0.1) is 0 Å².